The number of alkyl carbamates (subject to hydrolysis) is 1. The zero-order valence-electron chi connectivity index (χ0n) is 17.3. The molecule has 2 bridgehead atoms. The number of hydrogen-bond donors (Lipinski definition) is 3. The monoisotopic (exact) mass is 440 g/mol. The molecule has 0 aliphatic heterocycles. The largest absolute Gasteiger partial charge is 0.453 e. The number of aromatic nitrogens is 3. The van der Waals surface area contributed by atoms with Crippen LogP contribution in [0.5, 0.6) is 0 Å². The third kappa shape index (κ3) is 3.08. The van der Waals surface area contributed by atoms with Crippen molar-refractivity contribution in [3.63, 3.8) is 0 Å². The van der Waals surface area contributed by atoms with E-state index >= 15 is 0 Å². The Morgan fingerprint density at radius 1 is 1.16 bits per heavy atom. The lowest BCUT2D eigenvalue weighted by molar-refractivity contribution is 0.0333. The molecule has 3 saturated carbocycles. The van der Waals surface area contributed by atoms with E-state index in [1.165, 1.54) is 13.4 Å². The molecule has 1 amide bonds. The molecule has 6 rings (SSSR count). The van der Waals surface area contributed by atoms with Gasteiger partial charge in [-0.1, -0.05) is 17.7 Å². The molecule has 3 fully saturated rings. The molecule has 9 heteroatoms. The molecule has 162 valence electrons. The van der Waals surface area contributed by atoms with Crippen LogP contribution < -0.4 is 16.8 Å². The van der Waals surface area contributed by atoms with E-state index in [1.807, 2.05) is 12.1 Å². The number of rotatable bonds is 3. The molecule has 8 nitrogen and oxygen atoms in total. The summed E-state index contributed by atoms with van der Waals surface area (Å²) in [7, 11) is 1.41. The molecule has 5 N–H and O–H groups in total. The van der Waals surface area contributed by atoms with Gasteiger partial charge < -0.3 is 26.1 Å². The van der Waals surface area contributed by atoms with Crippen molar-refractivity contribution in [2.75, 3.05) is 18.6 Å². The van der Waals surface area contributed by atoms with Gasteiger partial charge in [0.05, 0.1) is 23.2 Å². The van der Waals surface area contributed by atoms with Gasteiger partial charge in [-0.15, -0.1) is 0 Å². The van der Waals surface area contributed by atoms with Crippen molar-refractivity contribution in [1.82, 2.24) is 19.9 Å². The number of nitrogens with one attached hydrogen (secondary N) is 1. The van der Waals surface area contributed by atoms with Crippen LogP contribution in [0.15, 0.2) is 30.7 Å². The fraction of sp³-hybridized carbons (Fsp3) is 0.409. The number of hydrogen-bond acceptors (Lipinski definition) is 6. The number of amides is 1. The van der Waals surface area contributed by atoms with Gasteiger partial charge >= 0.3 is 6.09 Å². The highest BCUT2D eigenvalue weighted by molar-refractivity contribution is 6.33. The Kier molecular flexibility index (Phi) is 4.51. The first-order valence-electron chi connectivity index (χ1n) is 10.4. The first-order chi connectivity index (χ1) is 14.9. The van der Waals surface area contributed by atoms with Crippen molar-refractivity contribution in [1.29, 1.82) is 0 Å². The van der Waals surface area contributed by atoms with E-state index in [9.17, 15) is 4.79 Å². The fourth-order valence-electron chi connectivity index (χ4n) is 5.36. The van der Waals surface area contributed by atoms with Crippen LogP contribution in [0.25, 0.3) is 22.2 Å². The SMILES string of the molecule is COC(=O)NC12CCC(n3cc(-c4ccc(Cl)c(N)c4)c4c(N)ncnc43)(CC1)CC2. The molecule has 31 heavy (non-hydrogen) atoms. The van der Waals surface area contributed by atoms with E-state index in [1.54, 1.807) is 6.07 Å². The van der Waals surface area contributed by atoms with Crippen molar-refractivity contribution in [3.8, 4) is 11.1 Å². The number of anilines is 2. The molecule has 3 aliphatic rings. The molecule has 1 aromatic carbocycles. The highest BCUT2D eigenvalue weighted by Gasteiger charge is 2.51. The molecule has 3 aliphatic carbocycles. The Labute approximate surface area is 184 Å². The summed E-state index contributed by atoms with van der Waals surface area (Å²) in [5.74, 6) is 0.442. The van der Waals surface area contributed by atoms with Gasteiger partial charge in [-0.05, 0) is 56.2 Å². The van der Waals surface area contributed by atoms with Gasteiger partial charge in [0.2, 0.25) is 0 Å². The lowest BCUT2D eigenvalue weighted by atomic mass is 9.61. The van der Waals surface area contributed by atoms with E-state index in [4.69, 9.17) is 27.8 Å². The Bertz CT molecular complexity index is 1170. The highest BCUT2D eigenvalue weighted by Crippen LogP contribution is 2.53. The van der Waals surface area contributed by atoms with Gasteiger partial charge in [-0.3, -0.25) is 0 Å². The quantitative estimate of drug-likeness (QED) is 0.528. The van der Waals surface area contributed by atoms with Crippen molar-refractivity contribution in [2.24, 2.45) is 0 Å². The Balaban J connectivity index is 1.59. The first-order valence-corrected chi connectivity index (χ1v) is 10.8. The number of carbonyl (C=O) groups excluding carboxylic acids is 1. The summed E-state index contributed by atoms with van der Waals surface area (Å²) in [5, 5.41) is 4.43. The van der Waals surface area contributed by atoms with Gasteiger partial charge in [0.1, 0.15) is 17.8 Å². The van der Waals surface area contributed by atoms with Crippen molar-refractivity contribution >= 4 is 40.2 Å². The molecule has 0 radical (unpaired) electrons. The molecule has 0 unspecified atom stereocenters. The van der Waals surface area contributed by atoms with Crippen LogP contribution in [-0.4, -0.2) is 33.3 Å². The molecular weight excluding hydrogens is 416 g/mol. The molecule has 3 aromatic rings. The minimum absolute atomic E-state index is 0.0746. The van der Waals surface area contributed by atoms with Crippen LogP contribution in [0.4, 0.5) is 16.3 Å². The van der Waals surface area contributed by atoms with E-state index < -0.39 is 0 Å². The second-order valence-corrected chi connectivity index (χ2v) is 9.14. The van der Waals surface area contributed by atoms with Gasteiger partial charge in [0.15, 0.2) is 0 Å². The number of halogens is 1. The van der Waals surface area contributed by atoms with Crippen LogP contribution in [0.1, 0.15) is 38.5 Å². The zero-order chi connectivity index (χ0) is 21.8. The average Bonchev–Trinajstić information content (AvgIpc) is 3.18. The lowest BCUT2D eigenvalue weighted by Crippen LogP contribution is -2.59. The Morgan fingerprint density at radius 2 is 1.87 bits per heavy atom. The first kappa shape index (κ1) is 19.9. The van der Waals surface area contributed by atoms with Crippen molar-refractivity contribution in [2.45, 2.75) is 49.6 Å². The number of ether oxygens (including phenoxy) is 1. The maximum Gasteiger partial charge on any atom is 0.407 e. The summed E-state index contributed by atoms with van der Waals surface area (Å²) in [6.07, 6.45) is 8.78. The summed E-state index contributed by atoms with van der Waals surface area (Å²) in [6, 6.07) is 5.59. The van der Waals surface area contributed by atoms with E-state index in [0.717, 1.165) is 60.7 Å². The second-order valence-electron chi connectivity index (χ2n) is 8.73. The summed E-state index contributed by atoms with van der Waals surface area (Å²) in [4.78, 5) is 20.7. The smallest absolute Gasteiger partial charge is 0.407 e. The van der Waals surface area contributed by atoms with Crippen molar-refractivity contribution in [3.05, 3.63) is 35.7 Å². The van der Waals surface area contributed by atoms with Crippen LogP contribution >= 0.6 is 11.6 Å². The predicted octanol–water partition coefficient (Wildman–Crippen LogP) is 4.07. The van der Waals surface area contributed by atoms with E-state index in [2.05, 4.69) is 26.0 Å². The number of fused-ring (bicyclic) bond motifs is 4. The number of methoxy groups -OCH3 is 1. The number of nitrogens with two attached hydrogens (primary N) is 2. The van der Waals surface area contributed by atoms with Gasteiger partial charge in [0.25, 0.3) is 0 Å². The van der Waals surface area contributed by atoms with Gasteiger partial charge in [-0.25, -0.2) is 14.8 Å². The number of nitrogen functional groups attached to an aromatic ring is 2. The van der Waals surface area contributed by atoms with Gasteiger partial charge in [0, 0.05) is 22.8 Å². The number of nitrogens with zero attached hydrogens (tertiary/aromatic N) is 3. The summed E-state index contributed by atoms with van der Waals surface area (Å²) in [6.45, 7) is 0. The third-order valence-corrected chi connectivity index (χ3v) is 7.53. The number of benzene rings is 1. The topological polar surface area (TPSA) is 121 Å². The van der Waals surface area contributed by atoms with Gasteiger partial charge in [-0.2, -0.15) is 0 Å². The van der Waals surface area contributed by atoms with Crippen molar-refractivity contribution < 1.29 is 9.53 Å². The summed E-state index contributed by atoms with van der Waals surface area (Å²) < 4.78 is 7.12. The summed E-state index contributed by atoms with van der Waals surface area (Å²) >= 11 is 6.14. The molecular formula is C22H25ClN6O2. The molecule has 2 aromatic heterocycles. The highest BCUT2D eigenvalue weighted by atomic mass is 35.5. The Morgan fingerprint density at radius 3 is 2.52 bits per heavy atom. The minimum atomic E-state index is -0.357. The van der Waals surface area contributed by atoms with E-state index in [0.29, 0.717) is 16.5 Å². The zero-order valence-corrected chi connectivity index (χ0v) is 18.1. The maximum absolute atomic E-state index is 11.8. The minimum Gasteiger partial charge on any atom is -0.453 e. The summed E-state index contributed by atoms with van der Waals surface area (Å²) in [5.41, 5.74) is 15.3. The number of carbonyl (C=O) groups is 1. The van der Waals surface area contributed by atoms with Crippen LogP contribution in [0.2, 0.25) is 5.02 Å². The lowest BCUT2D eigenvalue weighted by Gasteiger charge is -2.54. The Hall–Kier alpha value is -3.00. The predicted molar refractivity (Wildman–Crippen MR) is 121 cm³/mol. The van der Waals surface area contributed by atoms with Crippen LogP contribution in [-0.2, 0) is 10.3 Å². The molecule has 0 saturated heterocycles. The molecule has 2 heterocycles. The maximum atomic E-state index is 11.8. The van der Waals surface area contributed by atoms with Crippen LogP contribution in [0.3, 0.4) is 0 Å². The molecule has 0 atom stereocenters. The second kappa shape index (κ2) is 7.02. The standard InChI is InChI=1S/C22H25ClN6O2/c1-31-20(30)28-21-4-7-22(8-5-21,9-6-21)29-11-14(13-2-3-15(23)16(24)10-13)17-18(25)26-12-27-19(17)29/h2-3,10-12H,4-9,24H2,1H3,(H,28,30)(H2,25,26,27). The average molecular weight is 441 g/mol. The van der Waals surface area contributed by atoms with E-state index in [-0.39, 0.29) is 17.2 Å². The molecule has 0 spiro atoms. The fourth-order valence-corrected chi connectivity index (χ4v) is 5.48. The normalized spacial score (nSPS) is 25.0. The van der Waals surface area contributed by atoms with Crippen LogP contribution in [0, 0.1) is 0 Å². The third-order valence-electron chi connectivity index (χ3n) is 7.19.